The van der Waals surface area contributed by atoms with Gasteiger partial charge in [-0.25, -0.2) is 0 Å². The average Bonchev–Trinajstić information content (AvgIpc) is 2.98. The summed E-state index contributed by atoms with van der Waals surface area (Å²) >= 11 is 6.18. The highest BCUT2D eigenvalue weighted by atomic mass is 35.5. The van der Waals surface area contributed by atoms with Crippen molar-refractivity contribution in [2.75, 3.05) is 18.8 Å². The van der Waals surface area contributed by atoms with Gasteiger partial charge in [0.1, 0.15) is 5.76 Å². The number of furan rings is 1. The molecule has 1 amide bonds. The molecule has 1 aromatic carbocycles. The summed E-state index contributed by atoms with van der Waals surface area (Å²) in [7, 11) is 0. The molecule has 0 unspecified atom stereocenters. The van der Waals surface area contributed by atoms with Crippen molar-refractivity contribution in [1.82, 2.24) is 4.90 Å². The van der Waals surface area contributed by atoms with Crippen LogP contribution < -0.4 is 5.73 Å². The third kappa shape index (κ3) is 2.97. The van der Waals surface area contributed by atoms with Crippen LogP contribution in [-0.2, 0) is 0 Å². The highest BCUT2D eigenvalue weighted by molar-refractivity contribution is 6.33. The number of benzene rings is 1. The Balaban J connectivity index is 1.84. The van der Waals surface area contributed by atoms with E-state index in [1.807, 2.05) is 4.90 Å². The quantitative estimate of drug-likeness (QED) is 0.850. The molecular formula is C17H19ClN2O2. The lowest BCUT2D eigenvalue weighted by atomic mass is 10.0. The molecule has 0 spiro atoms. The number of piperidine rings is 1. The first-order valence-electron chi connectivity index (χ1n) is 7.49. The van der Waals surface area contributed by atoms with E-state index < -0.39 is 0 Å². The van der Waals surface area contributed by atoms with Gasteiger partial charge in [-0.1, -0.05) is 18.5 Å². The Hall–Kier alpha value is -1.94. The summed E-state index contributed by atoms with van der Waals surface area (Å²) in [6, 6.07) is 8.68. The summed E-state index contributed by atoms with van der Waals surface area (Å²) in [5, 5.41) is 0.550. The summed E-state index contributed by atoms with van der Waals surface area (Å²) < 4.78 is 5.72. The van der Waals surface area contributed by atoms with E-state index in [1.54, 1.807) is 30.3 Å². The Morgan fingerprint density at radius 2 is 2.18 bits per heavy atom. The molecule has 2 heterocycles. The van der Waals surface area contributed by atoms with Crippen LogP contribution in [0, 0.1) is 5.92 Å². The number of amides is 1. The fourth-order valence-corrected chi connectivity index (χ4v) is 3.07. The van der Waals surface area contributed by atoms with Crippen LogP contribution in [0.25, 0.3) is 11.3 Å². The molecule has 3 rings (SSSR count). The van der Waals surface area contributed by atoms with Crippen LogP contribution >= 0.6 is 11.6 Å². The predicted octanol–water partition coefficient (Wildman–Crippen LogP) is 4.05. The van der Waals surface area contributed by atoms with E-state index in [0.29, 0.717) is 33.7 Å². The number of nitrogens with zero attached hydrogens (tertiary/aromatic N) is 1. The van der Waals surface area contributed by atoms with Crippen molar-refractivity contribution in [3.8, 4) is 11.3 Å². The molecule has 0 saturated carbocycles. The molecule has 2 aromatic rings. The number of anilines is 1. The largest absolute Gasteiger partial charge is 0.451 e. The molecular weight excluding hydrogens is 300 g/mol. The Bertz CT molecular complexity index is 696. The SMILES string of the molecule is C[C@@H]1CCCN(C(=O)c2ccc(-c3cc(N)ccc3Cl)o2)C1. The van der Waals surface area contributed by atoms with E-state index in [2.05, 4.69) is 6.92 Å². The van der Waals surface area contributed by atoms with Crippen molar-refractivity contribution in [2.24, 2.45) is 5.92 Å². The molecule has 0 bridgehead atoms. The van der Waals surface area contributed by atoms with Crippen LogP contribution in [0.4, 0.5) is 5.69 Å². The fourth-order valence-electron chi connectivity index (χ4n) is 2.86. The van der Waals surface area contributed by atoms with Gasteiger partial charge in [0.05, 0.1) is 5.02 Å². The molecule has 2 N–H and O–H groups in total. The van der Waals surface area contributed by atoms with Crippen molar-refractivity contribution in [3.63, 3.8) is 0 Å². The second-order valence-electron chi connectivity index (χ2n) is 5.90. The average molecular weight is 319 g/mol. The summed E-state index contributed by atoms with van der Waals surface area (Å²) in [5.41, 5.74) is 7.09. The molecule has 5 heteroatoms. The van der Waals surface area contributed by atoms with Crippen LogP contribution in [0.3, 0.4) is 0 Å². The summed E-state index contributed by atoms with van der Waals surface area (Å²) in [6.07, 6.45) is 2.22. The van der Waals surface area contributed by atoms with Crippen molar-refractivity contribution in [3.05, 3.63) is 41.1 Å². The lowest BCUT2D eigenvalue weighted by Crippen LogP contribution is -2.38. The van der Waals surface area contributed by atoms with Crippen LogP contribution in [0.15, 0.2) is 34.7 Å². The monoisotopic (exact) mass is 318 g/mol. The van der Waals surface area contributed by atoms with Gasteiger partial charge < -0.3 is 15.1 Å². The Kier molecular flexibility index (Phi) is 4.12. The van der Waals surface area contributed by atoms with Gasteiger partial charge in [0.25, 0.3) is 5.91 Å². The van der Waals surface area contributed by atoms with Gasteiger partial charge in [-0.3, -0.25) is 4.79 Å². The van der Waals surface area contributed by atoms with Gasteiger partial charge >= 0.3 is 0 Å². The number of halogens is 1. The maximum absolute atomic E-state index is 12.5. The van der Waals surface area contributed by atoms with Crippen LogP contribution in [-0.4, -0.2) is 23.9 Å². The van der Waals surface area contributed by atoms with Crippen molar-refractivity contribution in [1.29, 1.82) is 0 Å². The second kappa shape index (κ2) is 6.05. The summed E-state index contributed by atoms with van der Waals surface area (Å²) in [5.74, 6) is 1.39. The minimum Gasteiger partial charge on any atom is -0.451 e. The zero-order valence-electron chi connectivity index (χ0n) is 12.5. The highest BCUT2D eigenvalue weighted by Gasteiger charge is 2.24. The summed E-state index contributed by atoms with van der Waals surface area (Å²) in [6.45, 7) is 3.74. The zero-order chi connectivity index (χ0) is 15.7. The van der Waals surface area contributed by atoms with E-state index in [4.69, 9.17) is 21.8 Å². The lowest BCUT2D eigenvalue weighted by molar-refractivity contribution is 0.0652. The van der Waals surface area contributed by atoms with E-state index in [1.165, 1.54) is 6.42 Å². The molecule has 0 radical (unpaired) electrons. The fraction of sp³-hybridized carbons (Fsp3) is 0.353. The minimum absolute atomic E-state index is 0.0576. The van der Waals surface area contributed by atoms with Gasteiger partial charge in [-0.05, 0) is 49.1 Å². The van der Waals surface area contributed by atoms with E-state index in [0.717, 1.165) is 19.5 Å². The lowest BCUT2D eigenvalue weighted by Gasteiger charge is -2.30. The van der Waals surface area contributed by atoms with Gasteiger partial charge in [0, 0.05) is 24.3 Å². The first kappa shape index (κ1) is 15.0. The van der Waals surface area contributed by atoms with Crippen LogP contribution in [0.1, 0.15) is 30.3 Å². The van der Waals surface area contributed by atoms with Gasteiger partial charge in [-0.2, -0.15) is 0 Å². The number of carbonyl (C=O) groups excluding carboxylic acids is 1. The normalized spacial score (nSPS) is 18.5. The van der Waals surface area contributed by atoms with Gasteiger partial charge in [0.2, 0.25) is 0 Å². The zero-order valence-corrected chi connectivity index (χ0v) is 13.3. The molecule has 22 heavy (non-hydrogen) atoms. The van der Waals surface area contributed by atoms with E-state index >= 15 is 0 Å². The predicted molar refractivity (Wildman–Crippen MR) is 87.9 cm³/mol. The number of nitrogens with two attached hydrogens (primary N) is 1. The Morgan fingerprint density at radius 1 is 1.36 bits per heavy atom. The molecule has 116 valence electrons. The molecule has 1 aliphatic heterocycles. The van der Waals surface area contributed by atoms with Crippen molar-refractivity contribution >= 4 is 23.2 Å². The van der Waals surface area contributed by atoms with Crippen LogP contribution in [0.5, 0.6) is 0 Å². The van der Waals surface area contributed by atoms with Gasteiger partial charge in [0.15, 0.2) is 5.76 Å². The molecule has 1 aromatic heterocycles. The Morgan fingerprint density at radius 3 is 2.95 bits per heavy atom. The first-order chi connectivity index (χ1) is 10.5. The maximum Gasteiger partial charge on any atom is 0.289 e. The van der Waals surface area contributed by atoms with Crippen LogP contribution in [0.2, 0.25) is 5.02 Å². The number of rotatable bonds is 2. The van der Waals surface area contributed by atoms with Gasteiger partial charge in [-0.15, -0.1) is 0 Å². The first-order valence-corrected chi connectivity index (χ1v) is 7.87. The molecule has 4 nitrogen and oxygen atoms in total. The molecule has 1 saturated heterocycles. The second-order valence-corrected chi connectivity index (χ2v) is 6.31. The van der Waals surface area contributed by atoms with Crippen molar-refractivity contribution < 1.29 is 9.21 Å². The number of likely N-dealkylation sites (tertiary alicyclic amines) is 1. The molecule has 0 aliphatic carbocycles. The molecule has 1 aliphatic rings. The van der Waals surface area contributed by atoms with E-state index in [9.17, 15) is 4.79 Å². The Labute approximate surface area is 134 Å². The third-order valence-corrected chi connectivity index (χ3v) is 4.35. The third-order valence-electron chi connectivity index (χ3n) is 4.02. The summed E-state index contributed by atoms with van der Waals surface area (Å²) in [4.78, 5) is 14.4. The molecule has 1 atom stereocenters. The molecule has 1 fully saturated rings. The standard InChI is InChI=1S/C17H19ClN2O2/c1-11-3-2-8-20(10-11)17(21)16-7-6-15(22-16)13-9-12(19)4-5-14(13)18/h4-7,9,11H,2-3,8,10,19H2,1H3/t11-/m1/s1. The van der Waals surface area contributed by atoms with E-state index in [-0.39, 0.29) is 5.91 Å². The number of nitrogen functional groups attached to an aromatic ring is 1. The minimum atomic E-state index is -0.0576. The van der Waals surface area contributed by atoms with Crippen molar-refractivity contribution in [2.45, 2.75) is 19.8 Å². The smallest absolute Gasteiger partial charge is 0.289 e. The number of hydrogen-bond donors (Lipinski definition) is 1. The topological polar surface area (TPSA) is 59.5 Å². The highest BCUT2D eigenvalue weighted by Crippen LogP contribution is 2.31. The number of hydrogen-bond acceptors (Lipinski definition) is 3. The maximum atomic E-state index is 12.5. The number of carbonyl (C=O) groups is 1.